The zero-order valence-corrected chi connectivity index (χ0v) is 18.7. The van der Waals surface area contributed by atoms with Crippen LogP contribution in [0.4, 0.5) is 0 Å². The van der Waals surface area contributed by atoms with Gasteiger partial charge in [-0.05, 0) is 36.6 Å². The molecule has 3 rings (SSSR count). The number of hydrogen-bond donors (Lipinski definition) is 1. The maximum absolute atomic E-state index is 5.45. The van der Waals surface area contributed by atoms with Crippen LogP contribution in [0.1, 0.15) is 23.6 Å². The van der Waals surface area contributed by atoms with Gasteiger partial charge in [0.2, 0.25) is 0 Å². The van der Waals surface area contributed by atoms with Gasteiger partial charge in [-0.3, -0.25) is 4.68 Å². The van der Waals surface area contributed by atoms with Crippen LogP contribution >= 0.6 is 24.0 Å². The second-order valence-electron chi connectivity index (χ2n) is 6.34. The highest BCUT2D eigenvalue weighted by molar-refractivity contribution is 14.0. The summed E-state index contributed by atoms with van der Waals surface area (Å²) in [6, 6.07) is 4.16. The molecule has 2 aromatic rings. The van der Waals surface area contributed by atoms with E-state index in [0.717, 1.165) is 49.1 Å². The minimum absolute atomic E-state index is 0. The van der Waals surface area contributed by atoms with Crippen LogP contribution in [0.25, 0.3) is 0 Å². The van der Waals surface area contributed by atoms with Gasteiger partial charge in [0.05, 0.1) is 27.0 Å². The molecule has 0 aliphatic carbocycles. The monoisotopic (exact) mass is 485 g/mol. The van der Waals surface area contributed by atoms with Gasteiger partial charge < -0.3 is 19.7 Å². The molecule has 1 aromatic heterocycles. The van der Waals surface area contributed by atoms with Crippen molar-refractivity contribution < 1.29 is 9.47 Å². The average molecular weight is 485 g/mol. The van der Waals surface area contributed by atoms with E-state index in [1.165, 1.54) is 11.1 Å². The fraction of sp³-hybridized carbons (Fsp3) is 0.474. The van der Waals surface area contributed by atoms with E-state index < -0.39 is 0 Å². The fourth-order valence-electron chi connectivity index (χ4n) is 3.21. The van der Waals surface area contributed by atoms with E-state index in [4.69, 9.17) is 14.5 Å². The van der Waals surface area contributed by atoms with Gasteiger partial charge in [-0.15, -0.1) is 24.0 Å². The first-order valence-corrected chi connectivity index (χ1v) is 8.89. The first-order valence-electron chi connectivity index (χ1n) is 8.89. The van der Waals surface area contributed by atoms with Crippen molar-refractivity contribution in [3.05, 3.63) is 41.2 Å². The zero-order valence-electron chi connectivity index (χ0n) is 16.4. The van der Waals surface area contributed by atoms with Gasteiger partial charge in [-0.1, -0.05) is 0 Å². The molecule has 8 heteroatoms. The number of rotatable bonds is 5. The average Bonchev–Trinajstić information content (AvgIpc) is 3.08. The van der Waals surface area contributed by atoms with Crippen molar-refractivity contribution in [2.24, 2.45) is 12.0 Å². The lowest BCUT2D eigenvalue weighted by atomic mass is 9.99. The van der Waals surface area contributed by atoms with Crippen LogP contribution in [-0.4, -0.2) is 47.9 Å². The number of aromatic nitrogens is 2. The molecule has 27 heavy (non-hydrogen) atoms. The summed E-state index contributed by atoms with van der Waals surface area (Å²) in [5.74, 6) is 2.49. The van der Waals surface area contributed by atoms with Crippen LogP contribution in [0.15, 0.2) is 29.5 Å². The molecule has 1 aromatic carbocycles. The largest absolute Gasteiger partial charge is 0.493 e. The summed E-state index contributed by atoms with van der Waals surface area (Å²) in [6.45, 7) is 5.26. The minimum atomic E-state index is 0. The second kappa shape index (κ2) is 9.82. The first-order chi connectivity index (χ1) is 12.6. The number of nitrogens with one attached hydrogen (secondary N) is 1. The van der Waals surface area contributed by atoms with Crippen molar-refractivity contribution in [3.8, 4) is 11.5 Å². The van der Waals surface area contributed by atoms with Crippen LogP contribution in [-0.2, 0) is 26.6 Å². The normalized spacial score (nSPS) is 13.6. The lowest BCUT2D eigenvalue weighted by molar-refractivity contribution is 0.346. The number of halogens is 1. The third-order valence-corrected chi connectivity index (χ3v) is 4.52. The number of nitrogens with zero attached hydrogens (tertiary/aromatic N) is 4. The van der Waals surface area contributed by atoms with Crippen molar-refractivity contribution in [1.29, 1.82) is 0 Å². The summed E-state index contributed by atoms with van der Waals surface area (Å²) in [4.78, 5) is 7.08. The molecule has 0 fully saturated rings. The van der Waals surface area contributed by atoms with Crippen molar-refractivity contribution >= 4 is 29.9 Å². The topological polar surface area (TPSA) is 63.9 Å². The maximum atomic E-state index is 5.45. The Kier molecular flexibility index (Phi) is 7.76. The highest BCUT2D eigenvalue weighted by Gasteiger charge is 2.21. The molecule has 0 radical (unpaired) electrons. The molecule has 1 aliphatic heterocycles. The van der Waals surface area contributed by atoms with Crippen LogP contribution < -0.4 is 14.8 Å². The number of fused-ring (bicyclic) bond motifs is 1. The molecule has 148 valence electrons. The number of guanidine groups is 1. The van der Waals surface area contributed by atoms with Crippen LogP contribution in [0, 0.1) is 0 Å². The number of hydrogen-bond acceptors (Lipinski definition) is 4. The molecule has 1 N–H and O–H groups in total. The number of ether oxygens (including phenoxy) is 2. The summed E-state index contributed by atoms with van der Waals surface area (Å²) in [5.41, 5.74) is 3.66. The molecule has 0 saturated carbocycles. The Morgan fingerprint density at radius 2 is 1.93 bits per heavy atom. The molecular formula is C19H28IN5O2. The number of aryl methyl sites for hydroxylation is 1. The van der Waals surface area contributed by atoms with Crippen molar-refractivity contribution in [2.45, 2.75) is 26.4 Å². The molecule has 1 aliphatic rings. The molecule has 0 atom stereocenters. The molecule has 0 bridgehead atoms. The van der Waals surface area contributed by atoms with Gasteiger partial charge in [-0.25, -0.2) is 4.99 Å². The predicted octanol–water partition coefficient (Wildman–Crippen LogP) is 2.58. The van der Waals surface area contributed by atoms with E-state index in [-0.39, 0.29) is 24.0 Å². The Morgan fingerprint density at radius 3 is 2.52 bits per heavy atom. The number of benzene rings is 1. The van der Waals surface area contributed by atoms with Gasteiger partial charge in [0, 0.05) is 38.4 Å². The van der Waals surface area contributed by atoms with Crippen LogP contribution in [0.2, 0.25) is 0 Å². The second-order valence-corrected chi connectivity index (χ2v) is 6.34. The third-order valence-electron chi connectivity index (χ3n) is 4.52. The van der Waals surface area contributed by atoms with E-state index in [1.54, 1.807) is 18.9 Å². The molecule has 0 unspecified atom stereocenters. The summed E-state index contributed by atoms with van der Waals surface area (Å²) in [6.07, 6.45) is 4.80. The minimum Gasteiger partial charge on any atom is -0.493 e. The van der Waals surface area contributed by atoms with Gasteiger partial charge in [-0.2, -0.15) is 5.10 Å². The highest BCUT2D eigenvalue weighted by atomic mass is 127. The fourth-order valence-corrected chi connectivity index (χ4v) is 3.21. The highest BCUT2D eigenvalue weighted by Crippen LogP contribution is 2.33. The van der Waals surface area contributed by atoms with E-state index >= 15 is 0 Å². The molecular weight excluding hydrogens is 457 g/mol. The summed E-state index contributed by atoms with van der Waals surface area (Å²) >= 11 is 0. The summed E-state index contributed by atoms with van der Waals surface area (Å²) in [5, 5.41) is 7.61. The van der Waals surface area contributed by atoms with Crippen molar-refractivity contribution in [3.63, 3.8) is 0 Å². The Morgan fingerprint density at radius 1 is 1.22 bits per heavy atom. The van der Waals surface area contributed by atoms with E-state index in [1.807, 2.05) is 19.4 Å². The zero-order chi connectivity index (χ0) is 18.5. The van der Waals surface area contributed by atoms with Gasteiger partial charge in [0.25, 0.3) is 0 Å². The predicted molar refractivity (Wildman–Crippen MR) is 117 cm³/mol. The Balaban J connectivity index is 0.00000261. The first kappa shape index (κ1) is 21.3. The Bertz CT molecular complexity index is 790. The summed E-state index contributed by atoms with van der Waals surface area (Å²) < 4.78 is 12.7. The van der Waals surface area contributed by atoms with E-state index in [9.17, 15) is 0 Å². The molecule has 0 spiro atoms. The van der Waals surface area contributed by atoms with Crippen molar-refractivity contribution in [2.75, 3.05) is 27.3 Å². The maximum Gasteiger partial charge on any atom is 0.194 e. The number of methoxy groups -OCH3 is 2. The standard InChI is InChI=1S/C19H27N5O2.HI/c1-5-20-19(21-10-14-11-22-23(2)12-14)24-7-6-15-8-17(25-3)18(26-4)9-16(15)13-24;/h8-9,11-12H,5-7,10,13H2,1-4H3,(H,20,21);1H. The van der Waals surface area contributed by atoms with Gasteiger partial charge in [0.15, 0.2) is 17.5 Å². The molecule has 7 nitrogen and oxygen atoms in total. The van der Waals surface area contributed by atoms with E-state index in [2.05, 4.69) is 34.4 Å². The SMILES string of the molecule is CCNC(=NCc1cnn(C)c1)N1CCc2cc(OC)c(OC)cc2C1.I. The molecule has 0 saturated heterocycles. The lowest BCUT2D eigenvalue weighted by Gasteiger charge is -2.32. The Hall–Kier alpha value is -1.97. The van der Waals surface area contributed by atoms with Crippen molar-refractivity contribution in [1.82, 2.24) is 20.0 Å². The lowest BCUT2D eigenvalue weighted by Crippen LogP contribution is -2.44. The van der Waals surface area contributed by atoms with E-state index in [0.29, 0.717) is 6.54 Å². The molecule has 0 amide bonds. The summed E-state index contributed by atoms with van der Waals surface area (Å²) in [7, 11) is 5.26. The smallest absolute Gasteiger partial charge is 0.194 e. The van der Waals surface area contributed by atoms with Crippen LogP contribution in [0.5, 0.6) is 11.5 Å². The van der Waals surface area contributed by atoms with Gasteiger partial charge in [0.1, 0.15) is 0 Å². The molecule has 2 heterocycles. The number of aliphatic imine (C=N–C) groups is 1. The van der Waals surface area contributed by atoms with Crippen LogP contribution in [0.3, 0.4) is 0 Å². The Labute approximate surface area is 177 Å². The third kappa shape index (κ3) is 5.06. The van der Waals surface area contributed by atoms with Gasteiger partial charge >= 0.3 is 0 Å². The quantitative estimate of drug-likeness (QED) is 0.401.